The second kappa shape index (κ2) is 3.97. The molecule has 2 aromatic heterocycles. The second-order valence-electron chi connectivity index (χ2n) is 2.53. The quantitative estimate of drug-likeness (QED) is 0.896. The minimum atomic E-state index is 0.0693. The molecule has 0 bridgehead atoms. The summed E-state index contributed by atoms with van der Waals surface area (Å²) < 4.78 is 6.02. The van der Waals surface area contributed by atoms with Crippen LogP contribution in [0, 0.1) is 0 Å². The fourth-order valence-electron chi connectivity index (χ4n) is 0.915. The van der Waals surface area contributed by atoms with Gasteiger partial charge in [-0.15, -0.1) is 11.3 Å². The molecule has 14 heavy (non-hydrogen) atoms. The van der Waals surface area contributed by atoms with Gasteiger partial charge in [-0.25, -0.2) is 0 Å². The van der Waals surface area contributed by atoms with E-state index < -0.39 is 0 Å². The Bertz CT molecular complexity index is 387. The molecule has 0 saturated carbocycles. The fraction of sp³-hybridized carbons (Fsp3) is 0.143. The minimum Gasteiger partial charge on any atom is -0.390 e. The van der Waals surface area contributed by atoms with Crippen LogP contribution in [0.5, 0.6) is 0 Å². The van der Waals surface area contributed by atoms with Gasteiger partial charge in [0.05, 0.1) is 6.54 Å². The van der Waals surface area contributed by atoms with E-state index in [4.69, 9.17) is 10.2 Å². The van der Waals surface area contributed by atoms with Crippen molar-refractivity contribution >= 4 is 39.3 Å². The molecule has 0 fully saturated rings. The van der Waals surface area contributed by atoms with E-state index in [-0.39, 0.29) is 6.01 Å². The molecule has 0 spiro atoms. The minimum absolute atomic E-state index is 0.0693. The van der Waals surface area contributed by atoms with E-state index >= 15 is 0 Å². The van der Waals surface area contributed by atoms with Crippen LogP contribution in [-0.4, -0.2) is 10.2 Å². The van der Waals surface area contributed by atoms with Gasteiger partial charge in [-0.2, -0.15) is 0 Å². The average molecular weight is 275 g/mol. The number of rotatable bonds is 3. The monoisotopic (exact) mass is 274 g/mol. The van der Waals surface area contributed by atoms with Gasteiger partial charge in [0.1, 0.15) is 0 Å². The van der Waals surface area contributed by atoms with Crippen LogP contribution in [0.2, 0.25) is 0 Å². The third kappa shape index (κ3) is 2.24. The number of nitrogens with one attached hydrogen (secondary N) is 1. The Hall–Kier alpha value is -1.08. The molecule has 0 aliphatic carbocycles. The highest BCUT2D eigenvalue weighted by atomic mass is 79.9. The SMILES string of the molecule is Nc1nnc(NCc2cc(Br)cs2)o1. The van der Waals surface area contributed by atoms with Gasteiger partial charge in [0.15, 0.2) is 0 Å². The van der Waals surface area contributed by atoms with Crippen molar-refractivity contribution in [2.24, 2.45) is 0 Å². The van der Waals surface area contributed by atoms with Crippen molar-refractivity contribution in [2.75, 3.05) is 11.1 Å². The smallest absolute Gasteiger partial charge is 0.317 e. The third-order valence-corrected chi connectivity index (χ3v) is 3.17. The van der Waals surface area contributed by atoms with Gasteiger partial charge in [-0.05, 0) is 22.0 Å². The molecule has 7 heteroatoms. The molecular weight excluding hydrogens is 268 g/mol. The molecule has 0 radical (unpaired) electrons. The summed E-state index contributed by atoms with van der Waals surface area (Å²) in [5.41, 5.74) is 5.27. The molecule has 0 atom stereocenters. The van der Waals surface area contributed by atoms with Crippen LogP contribution in [0.3, 0.4) is 0 Å². The number of nitrogen functional groups attached to an aromatic ring is 1. The topological polar surface area (TPSA) is 77.0 Å². The molecule has 0 unspecified atom stereocenters. The predicted octanol–water partition coefficient (Wildman–Crippen LogP) is 2.09. The number of halogens is 1. The van der Waals surface area contributed by atoms with E-state index in [9.17, 15) is 0 Å². The zero-order valence-corrected chi connectivity index (χ0v) is 9.43. The van der Waals surface area contributed by atoms with Crippen molar-refractivity contribution in [1.29, 1.82) is 0 Å². The average Bonchev–Trinajstić information content (AvgIpc) is 2.72. The van der Waals surface area contributed by atoms with Crippen LogP contribution < -0.4 is 11.1 Å². The van der Waals surface area contributed by atoms with Gasteiger partial charge < -0.3 is 15.5 Å². The molecular formula is C7H7BrN4OS. The first-order chi connectivity index (χ1) is 6.74. The Morgan fingerprint density at radius 2 is 2.43 bits per heavy atom. The maximum absolute atomic E-state index is 5.27. The van der Waals surface area contributed by atoms with E-state index in [1.54, 1.807) is 11.3 Å². The molecule has 2 heterocycles. The Balaban J connectivity index is 1.94. The highest BCUT2D eigenvalue weighted by molar-refractivity contribution is 9.10. The lowest BCUT2D eigenvalue weighted by Crippen LogP contribution is -1.97. The Morgan fingerprint density at radius 1 is 1.57 bits per heavy atom. The van der Waals surface area contributed by atoms with Crippen LogP contribution in [0.1, 0.15) is 4.88 Å². The van der Waals surface area contributed by atoms with Crippen molar-refractivity contribution in [3.63, 3.8) is 0 Å². The molecule has 0 aliphatic heterocycles. The molecule has 3 N–H and O–H groups in total. The fourth-order valence-corrected chi connectivity index (χ4v) is 2.31. The summed E-state index contributed by atoms with van der Waals surface area (Å²) in [4.78, 5) is 1.17. The Morgan fingerprint density at radius 3 is 3.00 bits per heavy atom. The van der Waals surface area contributed by atoms with Gasteiger partial charge in [-0.1, -0.05) is 10.2 Å². The van der Waals surface area contributed by atoms with E-state index in [1.165, 1.54) is 4.88 Å². The predicted molar refractivity (Wildman–Crippen MR) is 58.1 cm³/mol. The Kier molecular flexibility index (Phi) is 2.69. The number of hydrogen-bond acceptors (Lipinski definition) is 6. The maximum atomic E-state index is 5.27. The molecule has 0 amide bonds. The summed E-state index contributed by atoms with van der Waals surface area (Å²) in [5.74, 6) is 0. The Labute approximate surface area is 92.5 Å². The molecule has 0 aromatic carbocycles. The summed E-state index contributed by atoms with van der Waals surface area (Å²) in [6.45, 7) is 0.651. The summed E-state index contributed by atoms with van der Waals surface area (Å²) in [6, 6.07) is 2.43. The van der Waals surface area contributed by atoms with Crippen molar-refractivity contribution < 1.29 is 4.42 Å². The summed E-state index contributed by atoms with van der Waals surface area (Å²) in [7, 11) is 0. The second-order valence-corrected chi connectivity index (χ2v) is 4.44. The third-order valence-electron chi connectivity index (χ3n) is 1.48. The molecule has 74 valence electrons. The summed E-state index contributed by atoms with van der Waals surface area (Å²) in [5, 5.41) is 12.2. The van der Waals surface area contributed by atoms with Gasteiger partial charge in [0.2, 0.25) is 0 Å². The van der Waals surface area contributed by atoms with Crippen LogP contribution in [0.4, 0.5) is 12.0 Å². The summed E-state index contributed by atoms with van der Waals surface area (Å²) >= 11 is 5.02. The van der Waals surface area contributed by atoms with Crippen molar-refractivity contribution in [2.45, 2.75) is 6.54 Å². The normalized spacial score (nSPS) is 10.4. The van der Waals surface area contributed by atoms with Gasteiger partial charge in [0, 0.05) is 14.7 Å². The number of nitrogens with two attached hydrogens (primary N) is 1. The van der Waals surface area contributed by atoms with Crippen LogP contribution in [-0.2, 0) is 6.54 Å². The number of anilines is 2. The first-order valence-electron chi connectivity index (χ1n) is 3.80. The number of nitrogens with zero attached hydrogens (tertiary/aromatic N) is 2. The zero-order chi connectivity index (χ0) is 9.97. The maximum Gasteiger partial charge on any atom is 0.317 e. The van der Waals surface area contributed by atoms with Crippen LogP contribution in [0.15, 0.2) is 20.3 Å². The van der Waals surface area contributed by atoms with Crippen molar-refractivity contribution in [1.82, 2.24) is 10.2 Å². The number of aromatic nitrogens is 2. The van der Waals surface area contributed by atoms with Crippen LogP contribution in [0.25, 0.3) is 0 Å². The van der Waals surface area contributed by atoms with Gasteiger partial charge in [0.25, 0.3) is 0 Å². The van der Waals surface area contributed by atoms with Gasteiger partial charge >= 0.3 is 12.0 Å². The van der Waals surface area contributed by atoms with E-state index in [0.29, 0.717) is 12.6 Å². The lowest BCUT2D eigenvalue weighted by Gasteiger charge is -1.96. The highest BCUT2D eigenvalue weighted by Gasteiger charge is 2.02. The molecule has 0 aliphatic rings. The van der Waals surface area contributed by atoms with E-state index in [0.717, 1.165) is 4.47 Å². The summed E-state index contributed by atoms with van der Waals surface area (Å²) in [6.07, 6.45) is 0. The first kappa shape index (κ1) is 9.47. The number of hydrogen-bond donors (Lipinski definition) is 2. The zero-order valence-electron chi connectivity index (χ0n) is 7.03. The van der Waals surface area contributed by atoms with Crippen molar-refractivity contribution in [3.8, 4) is 0 Å². The first-order valence-corrected chi connectivity index (χ1v) is 5.47. The molecule has 2 aromatic rings. The molecule has 2 rings (SSSR count). The van der Waals surface area contributed by atoms with Gasteiger partial charge in [-0.3, -0.25) is 0 Å². The lowest BCUT2D eigenvalue weighted by molar-refractivity contribution is 0.586. The van der Waals surface area contributed by atoms with E-state index in [1.807, 2.05) is 11.4 Å². The highest BCUT2D eigenvalue weighted by Crippen LogP contribution is 2.20. The molecule has 5 nitrogen and oxygen atoms in total. The molecule has 0 saturated heterocycles. The number of thiophene rings is 1. The largest absolute Gasteiger partial charge is 0.390 e. The standard InChI is InChI=1S/C7H7BrN4OS/c8-4-1-5(14-3-4)2-10-7-12-11-6(9)13-7/h1,3H,2H2,(H2,9,11)(H,10,12). The van der Waals surface area contributed by atoms with E-state index in [2.05, 4.69) is 31.4 Å². The lowest BCUT2D eigenvalue weighted by atomic mass is 10.5. The van der Waals surface area contributed by atoms with Crippen molar-refractivity contribution in [3.05, 3.63) is 20.8 Å². The van der Waals surface area contributed by atoms with Crippen LogP contribution >= 0.6 is 27.3 Å².